The van der Waals surface area contributed by atoms with Crippen LogP contribution in [0.3, 0.4) is 0 Å². The van der Waals surface area contributed by atoms with Gasteiger partial charge < -0.3 is 116 Å². The Morgan fingerprint density at radius 3 is 1.93 bits per heavy atom. The van der Waals surface area contributed by atoms with Crippen LogP contribution in [-0.2, 0) is 120 Å². The maximum atomic E-state index is 15.4. The second-order valence-electron chi connectivity index (χ2n) is 32.2. The Bertz CT molecular complexity index is 4640. The highest BCUT2D eigenvalue weighted by molar-refractivity contribution is 9.10. The van der Waals surface area contributed by atoms with Gasteiger partial charge in [0.15, 0.2) is 11.6 Å². The van der Waals surface area contributed by atoms with Gasteiger partial charge in [0.25, 0.3) is 16.0 Å². The molecule has 3 aromatic rings. The van der Waals surface area contributed by atoms with Gasteiger partial charge in [0.2, 0.25) is 95.0 Å². The average Bonchev–Trinajstić information content (AvgIpc) is 1.61. The molecule has 44 nitrogen and oxygen atoms in total. The SMILES string of the molecule is CC(NC=O)C(=O)NC(Cc1ccc(Br)cc1)C(=O)N1CCCC1C(=O)NC(C(=O)NC(C(=O)NC(CC1(O)C(=O)Nc2ccccc21)C(=O)NC(CCCNC(=N)N)C(=O)NC(CS(=O)(=O)O)C(=O)NC1C(=O)N(C)C(CCC(N)=O)C(=O)NC(Cc2ccccc2)C(=O)NC(C(C)O)C(=O)NC(CC(N)=O)C(=O)N(C)CC(=O)OC1C)C(C)(C)C)C(C)C. The zero-order chi connectivity index (χ0) is 93.4. The lowest BCUT2D eigenvalue weighted by Gasteiger charge is -2.35. The van der Waals surface area contributed by atoms with Gasteiger partial charge in [-0.1, -0.05) is 111 Å². The molecule has 3 aliphatic rings. The molecule has 16 unspecified atom stereocenters. The number of benzene rings is 3. The van der Waals surface area contributed by atoms with Gasteiger partial charge in [-0.05, 0) is 93.5 Å². The monoisotopic (exact) mass is 1830 g/mol. The zero-order valence-electron chi connectivity index (χ0n) is 70.5. The first kappa shape index (κ1) is 102. The van der Waals surface area contributed by atoms with E-state index in [4.69, 9.17) is 27.3 Å². The smallest absolute Gasteiger partial charge is 0.325 e. The van der Waals surface area contributed by atoms with E-state index in [0.717, 1.165) is 32.4 Å². The normalized spacial score (nSPS) is 21.8. The summed E-state index contributed by atoms with van der Waals surface area (Å²) in [6, 6.07) is -3.27. The number of halogens is 1. The lowest BCUT2D eigenvalue weighted by molar-refractivity contribution is -0.158. The number of rotatable bonds is 36. The Morgan fingerprint density at radius 1 is 0.720 bits per heavy atom. The van der Waals surface area contributed by atoms with Gasteiger partial charge in [0.05, 0.1) is 12.5 Å². The number of likely N-dealkylation sites (tertiary alicyclic amines) is 1. The summed E-state index contributed by atoms with van der Waals surface area (Å²) in [5.41, 5.74) is 13.4. The highest BCUT2D eigenvalue weighted by atomic mass is 79.9. The van der Waals surface area contributed by atoms with Crippen molar-refractivity contribution >= 4 is 145 Å². The first-order chi connectivity index (χ1) is 58.4. The maximum Gasteiger partial charge on any atom is 0.325 e. The van der Waals surface area contributed by atoms with E-state index in [1.807, 2.05) is 0 Å². The molecule has 3 aromatic carbocycles. The minimum Gasteiger partial charge on any atom is -0.459 e. The predicted octanol–water partition coefficient (Wildman–Crippen LogP) is -5.96. The lowest BCUT2D eigenvalue weighted by atomic mass is 9.84. The van der Waals surface area contributed by atoms with Crippen LogP contribution in [0.25, 0.3) is 0 Å². The minimum atomic E-state index is -5.51. The summed E-state index contributed by atoms with van der Waals surface area (Å²) in [4.78, 5) is 258. The Labute approximate surface area is 728 Å². The van der Waals surface area contributed by atoms with E-state index in [2.05, 4.69) is 85.0 Å². The molecule has 6 rings (SSSR count). The fourth-order valence-corrected chi connectivity index (χ4v) is 14.9. The summed E-state index contributed by atoms with van der Waals surface area (Å²) < 4.78 is 43.1. The van der Waals surface area contributed by atoms with Crippen LogP contribution in [0.4, 0.5) is 5.69 Å². The molecule has 0 bridgehead atoms. The highest BCUT2D eigenvalue weighted by Crippen LogP contribution is 2.39. The predicted molar refractivity (Wildman–Crippen MR) is 448 cm³/mol. The number of carbonyl (C=O) groups excluding carboxylic acids is 18. The molecular formula is C79H111BrN20O24S. The third kappa shape index (κ3) is 29.4. The van der Waals surface area contributed by atoms with E-state index in [0.29, 0.717) is 33.8 Å². The number of likely N-dealkylation sites (N-methyl/N-ethyl adjacent to an activating group) is 2. The average molecular weight is 1840 g/mol. The molecule has 2 fully saturated rings. The molecule has 0 spiro atoms. The van der Waals surface area contributed by atoms with Crippen LogP contribution in [0.15, 0.2) is 83.3 Å². The standard InChI is InChI=1S/C79H111BrN20O24S/c1-39(2)59(94-69(112)55-23-17-31-100(55)74(117)50(89-63(106)40(3)86-38-101)33-44-24-26-45(80)27-25-44)70(113)97-62(78(6,7)8)72(115)91-52(35-79(120)46-20-14-15-21-47(46)93-76(79)119)66(109)87-48(22-16-30-85-77(83)84)64(107)92-53(37-125(121,122)123)67(110)96-61-42(5)124-58(105)36-98(9)73(116)51(34-57(82)104)90-71(114)60(41(4)102)95-65(108)49(32-43-18-12-11-13-19-43)88-68(111)54(28-29-56(81)103)99(10)75(61)118/h11-15,18-21,24-27,38-42,48-55,59-62,102,120H,16-17,22-23,28-37H2,1-10H3,(H2,81,103)(H2,82,104)(H,86,101)(H,87,109)(H,88,111)(H,89,106)(H,90,114)(H,91,115)(H,92,107)(H,93,119)(H,94,112)(H,95,108)(H,96,110)(H,97,113)(H4,83,84,85)(H,121,122,123). The number of fused-ring (bicyclic) bond motifs is 1. The van der Waals surface area contributed by atoms with Crippen LogP contribution in [-0.4, -0.2) is 281 Å². The molecule has 16 atom stereocenters. The van der Waals surface area contributed by atoms with E-state index in [9.17, 15) is 85.5 Å². The molecule has 125 heavy (non-hydrogen) atoms. The second kappa shape index (κ2) is 45.4. The molecular weight excluding hydrogens is 1720 g/mol. The van der Waals surface area contributed by atoms with Crippen molar-refractivity contribution in [1.82, 2.24) is 78.5 Å². The van der Waals surface area contributed by atoms with Crippen molar-refractivity contribution < 1.29 is 114 Å². The number of ether oxygens (including phenoxy) is 1. The van der Waals surface area contributed by atoms with E-state index >= 15 is 24.0 Å². The topological polar surface area (TPSA) is 679 Å². The molecule has 0 aromatic heterocycles. The van der Waals surface area contributed by atoms with E-state index in [-0.39, 0.29) is 43.6 Å². The highest BCUT2D eigenvalue weighted by Gasteiger charge is 2.51. The molecule has 684 valence electrons. The quantitative estimate of drug-likeness (QED) is 0.00644. The van der Waals surface area contributed by atoms with Gasteiger partial charge in [-0.3, -0.25) is 96.3 Å². The summed E-state index contributed by atoms with van der Waals surface area (Å²) in [5, 5.41) is 62.6. The van der Waals surface area contributed by atoms with Crippen LogP contribution in [0.2, 0.25) is 0 Å². The number of amides is 17. The number of hydrogen-bond donors (Lipinski definition) is 20. The number of carbonyl (C=O) groups is 18. The number of nitrogens with zero attached hydrogens (tertiary/aromatic N) is 3. The number of nitrogens with one attached hydrogen (secondary N) is 14. The van der Waals surface area contributed by atoms with Gasteiger partial charge >= 0.3 is 5.97 Å². The van der Waals surface area contributed by atoms with Gasteiger partial charge in [-0.25, -0.2) is 0 Å². The van der Waals surface area contributed by atoms with Crippen LogP contribution in [0.5, 0.6) is 0 Å². The van der Waals surface area contributed by atoms with Crippen molar-refractivity contribution in [3.05, 3.63) is 100 Å². The van der Waals surface area contributed by atoms with Crippen molar-refractivity contribution in [2.45, 2.75) is 216 Å². The van der Waals surface area contributed by atoms with Crippen LogP contribution < -0.4 is 86.3 Å². The molecule has 17 amide bonds. The van der Waals surface area contributed by atoms with Crippen LogP contribution in [0, 0.1) is 16.7 Å². The van der Waals surface area contributed by atoms with Gasteiger partial charge in [0.1, 0.15) is 96.9 Å². The molecule has 46 heteroatoms. The summed E-state index contributed by atoms with van der Waals surface area (Å²) >= 11 is 3.38. The minimum absolute atomic E-state index is 0.0421. The molecule has 0 saturated carbocycles. The van der Waals surface area contributed by atoms with E-state index < -0.39 is 275 Å². The first-order valence-electron chi connectivity index (χ1n) is 39.9. The number of cyclic esters (lactones) is 1. The van der Waals surface area contributed by atoms with Crippen molar-refractivity contribution in [3.63, 3.8) is 0 Å². The Morgan fingerprint density at radius 2 is 1.33 bits per heavy atom. The molecule has 0 radical (unpaired) electrons. The van der Waals surface area contributed by atoms with Crippen LogP contribution in [0.1, 0.15) is 123 Å². The molecule has 3 heterocycles. The molecule has 0 aliphatic carbocycles. The van der Waals surface area contributed by atoms with Crippen molar-refractivity contribution in [3.8, 4) is 0 Å². The molecule has 3 aliphatic heterocycles. The van der Waals surface area contributed by atoms with E-state index in [1.165, 1.54) is 69.0 Å². The summed E-state index contributed by atoms with van der Waals surface area (Å²) in [6.45, 7) is 9.70. The van der Waals surface area contributed by atoms with Gasteiger partial charge in [-0.15, -0.1) is 0 Å². The molecule has 23 N–H and O–H groups in total. The zero-order valence-corrected chi connectivity index (χ0v) is 72.9. The number of nitrogens with two attached hydrogens (primary N) is 3. The first-order valence-corrected chi connectivity index (χ1v) is 42.3. The number of para-hydroxylation sites is 1. The van der Waals surface area contributed by atoms with Crippen molar-refractivity contribution in [2.75, 3.05) is 44.8 Å². The molecule has 2 saturated heterocycles. The number of aliphatic hydroxyl groups excluding tert-OH is 1. The fraction of sp³-hybridized carbons (Fsp3) is 0.532. The summed E-state index contributed by atoms with van der Waals surface area (Å²) in [5.74, 6) is -23.3. The number of anilines is 1. The lowest BCUT2D eigenvalue weighted by Crippen LogP contribution is -2.64. The van der Waals surface area contributed by atoms with Crippen molar-refractivity contribution in [1.29, 1.82) is 5.41 Å². The van der Waals surface area contributed by atoms with Gasteiger partial charge in [0, 0.05) is 68.6 Å². The number of aliphatic hydroxyl groups is 2. The van der Waals surface area contributed by atoms with E-state index in [1.54, 1.807) is 56.3 Å². The maximum absolute atomic E-state index is 15.4. The number of esters is 1. The number of primary amides is 2. The fourth-order valence-electron chi connectivity index (χ4n) is 14.0. The summed E-state index contributed by atoms with van der Waals surface area (Å²) in [7, 11) is -3.60. The Balaban J connectivity index is 1.38. The largest absolute Gasteiger partial charge is 0.459 e. The second-order valence-corrected chi connectivity index (χ2v) is 34.6. The third-order valence-electron chi connectivity index (χ3n) is 20.8. The summed E-state index contributed by atoms with van der Waals surface area (Å²) in [6.07, 6.45) is -7.81. The van der Waals surface area contributed by atoms with Crippen molar-refractivity contribution in [2.24, 2.45) is 28.5 Å². The Kier molecular flexibility index (Phi) is 36.8. The Hall–Kier alpha value is -12.3. The van der Waals surface area contributed by atoms with Crippen LogP contribution >= 0.6 is 15.9 Å². The van der Waals surface area contributed by atoms with Gasteiger partial charge in [-0.2, -0.15) is 8.42 Å². The number of hydrogen-bond acceptors (Lipinski definition) is 24. The number of guanidine groups is 1. The third-order valence-corrected chi connectivity index (χ3v) is 22.1.